The zero-order valence-corrected chi connectivity index (χ0v) is 15.1. The average Bonchev–Trinajstić information content (AvgIpc) is 2.56. The zero-order chi connectivity index (χ0) is 19.8. The van der Waals surface area contributed by atoms with Crippen molar-refractivity contribution in [2.24, 2.45) is 0 Å². The first-order chi connectivity index (χ1) is 12.0. The smallest absolute Gasteiger partial charge is 0.303 e. The van der Waals surface area contributed by atoms with E-state index in [1.54, 1.807) is 0 Å². The fourth-order valence-electron chi connectivity index (χ4n) is 1.16. The first-order valence-electron chi connectivity index (χ1n) is 8.37. The Labute approximate surface area is 149 Å². The molecule has 0 fully saturated rings. The summed E-state index contributed by atoms with van der Waals surface area (Å²) in [7, 11) is 0. The maximum atomic E-state index is 9.90. The molecule has 0 aliphatic rings. The second kappa shape index (κ2) is 27.6. The van der Waals surface area contributed by atoms with E-state index in [2.05, 4.69) is 6.92 Å². The van der Waals surface area contributed by atoms with Crippen molar-refractivity contribution < 1.29 is 44.6 Å². The number of aliphatic carboxylic acids is 2. The second-order valence-electron chi connectivity index (χ2n) is 4.74. The predicted molar refractivity (Wildman–Crippen MR) is 91.5 cm³/mol. The van der Waals surface area contributed by atoms with Crippen LogP contribution in [0.3, 0.4) is 0 Å². The average molecular weight is 370 g/mol. The first kappa shape index (κ1) is 28.5. The molecule has 0 aliphatic heterocycles. The van der Waals surface area contributed by atoms with Crippen LogP contribution in [-0.4, -0.2) is 83.7 Å². The summed E-state index contributed by atoms with van der Waals surface area (Å²) in [6.45, 7) is 4.12. The lowest BCUT2D eigenvalue weighted by Gasteiger charge is -2.01. The molecule has 0 rings (SSSR count). The predicted octanol–water partition coefficient (Wildman–Crippen LogP) is 0.499. The molecule has 0 aromatic rings. The molecule has 0 amide bonds. The van der Waals surface area contributed by atoms with Gasteiger partial charge >= 0.3 is 11.9 Å². The molecular weight excluding hydrogens is 336 g/mol. The molecule has 0 atom stereocenters. The second-order valence-corrected chi connectivity index (χ2v) is 4.74. The highest BCUT2D eigenvalue weighted by Crippen LogP contribution is 1.98. The van der Waals surface area contributed by atoms with Crippen LogP contribution >= 0.6 is 0 Å². The third-order valence-electron chi connectivity index (χ3n) is 2.39. The van der Waals surface area contributed by atoms with Crippen molar-refractivity contribution in [1.82, 2.24) is 0 Å². The largest absolute Gasteiger partial charge is 0.481 e. The molecule has 0 radical (unpaired) electrons. The molecule has 152 valence electrons. The maximum Gasteiger partial charge on any atom is 0.303 e. The van der Waals surface area contributed by atoms with E-state index in [-0.39, 0.29) is 26.1 Å². The summed E-state index contributed by atoms with van der Waals surface area (Å²) in [6, 6.07) is 0. The van der Waals surface area contributed by atoms with E-state index in [1.807, 2.05) is 0 Å². The standard InChI is InChI=1S/C6H14O4.C6H10O4.C4H10O/c7-1-3-9-5-6-10-4-2-8;7-5(8)3-1-2-4-6(9)10;1-2-3-4-5/h7-8H,1-6H2;1-4H2,(H,7,8)(H,9,10);5H,2-4H2,1H3. The molecule has 0 saturated carbocycles. The number of ether oxygens (including phenoxy) is 2. The summed E-state index contributed by atoms with van der Waals surface area (Å²) in [4.78, 5) is 19.8. The number of aliphatic hydroxyl groups excluding tert-OH is 3. The van der Waals surface area contributed by atoms with Gasteiger partial charge < -0.3 is 35.0 Å². The van der Waals surface area contributed by atoms with Crippen LogP contribution in [0, 0.1) is 0 Å². The van der Waals surface area contributed by atoms with E-state index in [0.717, 1.165) is 12.8 Å². The lowest BCUT2D eigenvalue weighted by Crippen LogP contribution is -2.09. The maximum absolute atomic E-state index is 9.90. The van der Waals surface area contributed by atoms with Gasteiger partial charge in [0.25, 0.3) is 0 Å². The molecule has 0 aromatic carbocycles. The number of carboxylic acid groups (broad SMARTS) is 2. The van der Waals surface area contributed by atoms with Gasteiger partial charge in [-0.3, -0.25) is 9.59 Å². The van der Waals surface area contributed by atoms with Crippen molar-refractivity contribution in [3.8, 4) is 0 Å². The van der Waals surface area contributed by atoms with E-state index >= 15 is 0 Å². The molecule has 0 aromatic heterocycles. The molecule has 9 nitrogen and oxygen atoms in total. The van der Waals surface area contributed by atoms with Crippen LogP contribution in [0.15, 0.2) is 0 Å². The van der Waals surface area contributed by atoms with Crippen molar-refractivity contribution in [1.29, 1.82) is 0 Å². The van der Waals surface area contributed by atoms with Crippen LogP contribution in [0.1, 0.15) is 45.4 Å². The van der Waals surface area contributed by atoms with Gasteiger partial charge in [0.1, 0.15) is 0 Å². The van der Waals surface area contributed by atoms with Crippen molar-refractivity contribution in [2.45, 2.75) is 45.4 Å². The molecule has 0 aliphatic carbocycles. The summed E-state index contributed by atoms with van der Waals surface area (Å²) < 4.78 is 9.75. The van der Waals surface area contributed by atoms with E-state index < -0.39 is 11.9 Å². The van der Waals surface area contributed by atoms with Crippen LogP contribution in [-0.2, 0) is 19.1 Å². The molecule has 0 bridgehead atoms. The van der Waals surface area contributed by atoms with Crippen LogP contribution in [0.2, 0.25) is 0 Å². The van der Waals surface area contributed by atoms with Crippen molar-refractivity contribution in [2.75, 3.05) is 46.2 Å². The summed E-state index contributed by atoms with van der Waals surface area (Å²) >= 11 is 0. The summed E-state index contributed by atoms with van der Waals surface area (Å²) in [5, 5.41) is 40.9. The molecule has 0 saturated heterocycles. The highest BCUT2D eigenvalue weighted by molar-refractivity contribution is 5.67. The van der Waals surface area contributed by atoms with E-state index in [9.17, 15) is 9.59 Å². The Hall–Kier alpha value is -1.26. The fraction of sp³-hybridized carbons (Fsp3) is 0.875. The Morgan fingerprint density at radius 1 is 0.680 bits per heavy atom. The van der Waals surface area contributed by atoms with Gasteiger partial charge in [-0.2, -0.15) is 0 Å². The summed E-state index contributed by atoms with van der Waals surface area (Å²) in [5.74, 6) is -1.74. The van der Waals surface area contributed by atoms with Gasteiger partial charge in [0.2, 0.25) is 0 Å². The SMILES string of the molecule is CCCCO.O=C(O)CCCCC(=O)O.OCCOCCOCCO. The minimum atomic E-state index is -0.870. The van der Waals surface area contributed by atoms with Crippen molar-refractivity contribution in [3.63, 3.8) is 0 Å². The molecule has 5 N–H and O–H groups in total. The van der Waals surface area contributed by atoms with Crippen LogP contribution in [0.5, 0.6) is 0 Å². The van der Waals surface area contributed by atoms with E-state index in [0.29, 0.717) is 45.9 Å². The highest BCUT2D eigenvalue weighted by Gasteiger charge is 1.99. The van der Waals surface area contributed by atoms with Crippen LogP contribution in [0.25, 0.3) is 0 Å². The fourth-order valence-corrected chi connectivity index (χ4v) is 1.16. The Morgan fingerprint density at radius 2 is 1.08 bits per heavy atom. The minimum absolute atomic E-state index is 0.0417. The van der Waals surface area contributed by atoms with E-state index in [4.69, 9.17) is 35.0 Å². The lowest BCUT2D eigenvalue weighted by molar-refractivity contribution is -0.139. The Balaban J connectivity index is -0.000000308. The monoisotopic (exact) mass is 370 g/mol. The highest BCUT2D eigenvalue weighted by atomic mass is 16.5. The van der Waals surface area contributed by atoms with Gasteiger partial charge in [-0.1, -0.05) is 13.3 Å². The van der Waals surface area contributed by atoms with Gasteiger partial charge in [0.05, 0.1) is 39.6 Å². The third kappa shape index (κ3) is 45.0. The number of rotatable bonds is 14. The molecule has 0 spiro atoms. The number of carboxylic acids is 2. The van der Waals surface area contributed by atoms with Gasteiger partial charge in [0.15, 0.2) is 0 Å². The van der Waals surface area contributed by atoms with Gasteiger partial charge in [0, 0.05) is 19.4 Å². The number of hydrogen-bond acceptors (Lipinski definition) is 7. The normalized spacial score (nSPS) is 9.44. The minimum Gasteiger partial charge on any atom is -0.481 e. The Kier molecular flexibility index (Phi) is 31.5. The van der Waals surface area contributed by atoms with Crippen LogP contribution < -0.4 is 0 Å². The number of carbonyl (C=O) groups is 2. The number of aliphatic hydroxyl groups is 3. The topological polar surface area (TPSA) is 154 Å². The quantitative estimate of drug-likeness (QED) is 0.275. The molecular formula is C16H34O9. The number of hydrogen-bond donors (Lipinski definition) is 5. The molecule has 0 unspecified atom stereocenters. The zero-order valence-electron chi connectivity index (χ0n) is 15.1. The lowest BCUT2D eigenvalue weighted by atomic mass is 10.2. The number of unbranched alkanes of at least 4 members (excludes halogenated alkanes) is 2. The molecule has 0 heterocycles. The van der Waals surface area contributed by atoms with Gasteiger partial charge in [-0.15, -0.1) is 0 Å². The Bertz CT molecular complexity index is 246. The van der Waals surface area contributed by atoms with Gasteiger partial charge in [-0.05, 0) is 19.3 Å². The summed E-state index contributed by atoms with van der Waals surface area (Å²) in [6.07, 6.45) is 3.06. The van der Waals surface area contributed by atoms with Gasteiger partial charge in [-0.25, -0.2) is 0 Å². The van der Waals surface area contributed by atoms with E-state index in [1.165, 1.54) is 0 Å². The Morgan fingerprint density at radius 3 is 1.28 bits per heavy atom. The third-order valence-corrected chi connectivity index (χ3v) is 2.39. The van der Waals surface area contributed by atoms with Crippen molar-refractivity contribution >= 4 is 11.9 Å². The van der Waals surface area contributed by atoms with Crippen LogP contribution in [0.4, 0.5) is 0 Å². The van der Waals surface area contributed by atoms with Crippen molar-refractivity contribution in [3.05, 3.63) is 0 Å². The molecule has 25 heavy (non-hydrogen) atoms. The first-order valence-corrected chi connectivity index (χ1v) is 8.37. The molecule has 9 heteroatoms. The summed E-state index contributed by atoms with van der Waals surface area (Å²) in [5.41, 5.74) is 0.